The Morgan fingerprint density at radius 1 is 1.07 bits per heavy atom. The lowest BCUT2D eigenvalue weighted by Gasteiger charge is -2.32. The summed E-state index contributed by atoms with van der Waals surface area (Å²) in [5, 5.41) is 2.53. The number of nitrogens with one attached hydrogen (secondary N) is 1. The van der Waals surface area contributed by atoms with Crippen LogP contribution in [0, 0.1) is 0 Å². The molecule has 1 aromatic heterocycles. The highest BCUT2D eigenvalue weighted by atomic mass is 19.4. The molecule has 1 N–H and O–H groups in total. The fourth-order valence-electron chi connectivity index (χ4n) is 2.68. The van der Waals surface area contributed by atoms with Gasteiger partial charge in [-0.25, -0.2) is 9.97 Å². The van der Waals surface area contributed by atoms with Gasteiger partial charge in [0.25, 0.3) is 5.91 Å². The predicted molar refractivity (Wildman–Crippen MR) is 90.3 cm³/mol. The van der Waals surface area contributed by atoms with E-state index in [0.29, 0.717) is 26.2 Å². The molecule has 1 aliphatic rings. The first-order chi connectivity index (χ1) is 12.9. The van der Waals surface area contributed by atoms with Gasteiger partial charge in [-0.3, -0.25) is 9.59 Å². The van der Waals surface area contributed by atoms with E-state index in [1.54, 1.807) is 9.80 Å². The van der Waals surface area contributed by atoms with Gasteiger partial charge in [-0.05, 0) is 12.1 Å². The molecule has 1 aromatic carbocycles. The number of piperazine rings is 1. The highest BCUT2D eigenvalue weighted by Crippen LogP contribution is 2.35. The number of benzene rings is 1. The van der Waals surface area contributed by atoms with Crippen LogP contribution in [0.15, 0.2) is 36.7 Å². The second-order valence-corrected chi connectivity index (χ2v) is 5.90. The summed E-state index contributed by atoms with van der Waals surface area (Å²) in [6.45, 7) is 1.70. The molecule has 0 unspecified atom stereocenters. The maximum Gasteiger partial charge on any atom is 0.418 e. The number of carbonyl (C=O) groups is 2. The van der Waals surface area contributed by atoms with Gasteiger partial charge in [0.1, 0.15) is 0 Å². The summed E-state index contributed by atoms with van der Waals surface area (Å²) in [6.07, 6.45) is -1.24. The van der Waals surface area contributed by atoms with Gasteiger partial charge >= 0.3 is 6.18 Å². The molecule has 0 spiro atoms. The van der Waals surface area contributed by atoms with E-state index in [4.69, 9.17) is 0 Å². The van der Waals surface area contributed by atoms with Crippen LogP contribution in [-0.2, 0) is 11.0 Å². The van der Waals surface area contributed by atoms with Crippen molar-refractivity contribution >= 4 is 24.0 Å². The molecule has 2 aromatic rings. The lowest BCUT2D eigenvalue weighted by molar-refractivity contribution is -0.137. The number of rotatable bonds is 4. The zero-order valence-corrected chi connectivity index (χ0v) is 14.1. The normalized spacial score (nSPS) is 14.8. The summed E-state index contributed by atoms with van der Waals surface area (Å²) in [4.78, 5) is 34.2. The highest BCUT2D eigenvalue weighted by Gasteiger charge is 2.33. The van der Waals surface area contributed by atoms with Crippen molar-refractivity contribution in [1.82, 2.24) is 19.8 Å². The Bertz CT molecular complexity index is 818. The molecule has 0 aliphatic carbocycles. The summed E-state index contributed by atoms with van der Waals surface area (Å²) in [5.41, 5.74) is -0.778. The van der Waals surface area contributed by atoms with E-state index in [1.165, 1.54) is 30.6 Å². The van der Waals surface area contributed by atoms with Crippen molar-refractivity contribution in [1.29, 1.82) is 0 Å². The van der Waals surface area contributed by atoms with Crippen LogP contribution >= 0.6 is 0 Å². The third kappa shape index (κ3) is 4.33. The Kier molecular flexibility index (Phi) is 5.24. The van der Waals surface area contributed by atoms with Crippen LogP contribution in [-0.4, -0.2) is 58.3 Å². The number of hydrogen-bond acceptors (Lipinski definition) is 5. The van der Waals surface area contributed by atoms with Crippen molar-refractivity contribution in [3.63, 3.8) is 0 Å². The number of alkyl halides is 3. The fraction of sp³-hybridized carbons (Fsp3) is 0.294. The van der Waals surface area contributed by atoms with Gasteiger partial charge in [0.05, 0.1) is 16.8 Å². The number of nitrogens with zero attached hydrogens (tertiary/aromatic N) is 4. The molecule has 1 aliphatic heterocycles. The number of aromatic nitrogens is 2. The first kappa shape index (κ1) is 18.6. The van der Waals surface area contributed by atoms with E-state index in [-0.39, 0.29) is 23.1 Å². The third-order valence-electron chi connectivity index (χ3n) is 4.13. The second kappa shape index (κ2) is 7.60. The van der Waals surface area contributed by atoms with E-state index in [9.17, 15) is 22.8 Å². The van der Waals surface area contributed by atoms with Crippen molar-refractivity contribution in [3.05, 3.63) is 47.8 Å². The van der Waals surface area contributed by atoms with Crippen molar-refractivity contribution in [2.24, 2.45) is 0 Å². The Balaban J connectivity index is 1.70. The predicted octanol–water partition coefficient (Wildman–Crippen LogP) is 2.15. The molecule has 10 heteroatoms. The van der Waals surface area contributed by atoms with E-state index >= 15 is 0 Å². The fourth-order valence-corrected chi connectivity index (χ4v) is 2.68. The lowest BCUT2D eigenvalue weighted by atomic mass is 10.1. The van der Waals surface area contributed by atoms with Crippen LogP contribution in [0.2, 0.25) is 0 Å². The molecule has 3 rings (SSSR count). The van der Waals surface area contributed by atoms with Crippen LogP contribution in [0.4, 0.5) is 24.8 Å². The van der Waals surface area contributed by atoms with Crippen molar-refractivity contribution in [2.45, 2.75) is 6.18 Å². The Morgan fingerprint density at radius 2 is 1.70 bits per heavy atom. The molecule has 2 amide bonds. The first-order valence-electron chi connectivity index (χ1n) is 8.12. The summed E-state index contributed by atoms with van der Waals surface area (Å²) in [6, 6.07) is 4.99. The molecule has 1 fully saturated rings. The number of halogens is 3. The molecular formula is C17H16F3N5O2. The highest BCUT2D eigenvalue weighted by molar-refractivity contribution is 5.93. The summed E-state index contributed by atoms with van der Waals surface area (Å²) >= 11 is 0. The minimum absolute atomic E-state index is 0.0472. The number of anilines is 2. The molecular weight excluding hydrogens is 363 g/mol. The maximum atomic E-state index is 13.0. The summed E-state index contributed by atoms with van der Waals surface area (Å²) in [5.74, 6) is -0.336. The molecule has 0 saturated carbocycles. The van der Waals surface area contributed by atoms with Gasteiger partial charge in [-0.15, -0.1) is 0 Å². The Morgan fingerprint density at radius 3 is 2.30 bits per heavy atom. The number of carbonyl (C=O) groups excluding carboxylic acids is 2. The molecule has 27 heavy (non-hydrogen) atoms. The van der Waals surface area contributed by atoms with Gasteiger partial charge in [0.15, 0.2) is 0 Å². The van der Waals surface area contributed by atoms with E-state index in [2.05, 4.69) is 15.3 Å². The summed E-state index contributed by atoms with van der Waals surface area (Å²) in [7, 11) is 0. The van der Waals surface area contributed by atoms with Crippen LogP contribution < -0.4 is 5.32 Å². The topological polar surface area (TPSA) is 78.4 Å². The van der Waals surface area contributed by atoms with Crippen LogP contribution in [0.25, 0.3) is 0 Å². The standard InChI is InChI=1S/C17H16F3N5O2/c18-17(19,20)13-3-1-2-4-14(13)23-16-21-9-12(10-22-16)15(27)25-7-5-24(11-26)6-8-25/h1-4,9-11H,5-8H2,(H,21,22,23). The summed E-state index contributed by atoms with van der Waals surface area (Å²) < 4.78 is 39.1. The SMILES string of the molecule is O=CN1CCN(C(=O)c2cnc(Nc3ccccc3C(F)(F)F)nc2)CC1. The zero-order chi connectivity index (χ0) is 19.4. The average molecular weight is 379 g/mol. The third-order valence-corrected chi connectivity index (χ3v) is 4.13. The molecule has 142 valence electrons. The van der Waals surface area contributed by atoms with Gasteiger partial charge in [0.2, 0.25) is 12.4 Å². The van der Waals surface area contributed by atoms with Gasteiger partial charge in [0, 0.05) is 38.6 Å². The number of amides is 2. The van der Waals surface area contributed by atoms with Gasteiger partial charge < -0.3 is 15.1 Å². The Labute approximate surface area is 152 Å². The molecule has 0 bridgehead atoms. The average Bonchev–Trinajstić information content (AvgIpc) is 2.68. The van der Waals surface area contributed by atoms with Crippen molar-refractivity contribution in [3.8, 4) is 0 Å². The first-order valence-corrected chi connectivity index (χ1v) is 8.12. The minimum atomic E-state index is -4.51. The second-order valence-electron chi connectivity index (χ2n) is 5.90. The van der Waals surface area contributed by atoms with Gasteiger partial charge in [-0.2, -0.15) is 13.2 Å². The number of para-hydroxylation sites is 1. The van der Waals surface area contributed by atoms with E-state index in [0.717, 1.165) is 12.5 Å². The van der Waals surface area contributed by atoms with E-state index in [1.807, 2.05) is 0 Å². The molecule has 7 nitrogen and oxygen atoms in total. The number of hydrogen-bond donors (Lipinski definition) is 1. The zero-order valence-electron chi connectivity index (χ0n) is 14.1. The molecule has 0 radical (unpaired) electrons. The van der Waals surface area contributed by atoms with Crippen molar-refractivity contribution in [2.75, 3.05) is 31.5 Å². The van der Waals surface area contributed by atoms with Gasteiger partial charge in [-0.1, -0.05) is 12.1 Å². The largest absolute Gasteiger partial charge is 0.418 e. The quantitative estimate of drug-likeness (QED) is 0.824. The molecule has 2 heterocycles. The molecule has 0 atom stereocenters. The van der Waals surface area contributed by atoms with E-state index < -0.39 is 11.7 Å². The smallest absolute Gasteiger partial charge is 0.342 e. The van der Waals surface area contributed by atoms with Crippen LogP contribution in [0.1, 0.15) is 15.9 Å². The maximum absolute atomic E-state index is 13.0. The van der Waals surface area contributed by atoms with Crippen LogP contribution in [0.3, 0.4) is 0 Å². The monoisotopic (exact) mass is 379 g/mol. The minimum Gasteiger partial charge on any atom is -0.342 e. The lowest BCUT2D eigenvalue weighted by Crippen LogP contribution is -2.48. The van der Waals surface area contributed by atoms with Crippen LogP contribution in [0.5, 0.6) is 0 Å². The molecule has 1 saturated heterocycles. The Hall–Kier alpha value is -3.17. The van der Waals surface area contributed by atoms with Crippen molar-refractivity contribution < 1.29 is 22.8 Å².